The first-order valence-corrected chi connectivity index (χ1v) is 9.87. The highest BCUT2D eigenvalue weighted by Crippen LogP contribution is 2.37. The average Bonchev–Trinajstić information content (AvgIpc) is 3.01. The third-order valence-corrected chi connectivity index (χ3v) is 5.55. The van der Waals surface area contributed by atoms with Crippen molar-refractivity contribution in [1.82, 2.24) is 5.32 Å². The summed E-state index contributed by atoms with van der Waals surface area (Å²) >= 11 is 13.1. The molecule has 0 saturated heterocycles. The molecular formula is C18H20Cl2N2O3S. The van der Waals surface area contributed by atoms with Crippen LogP contribution < -0.4 is 10.6 Å². The number of hydrogen-bond acceptors (Lipinski definition) is 3. The fraction of sp³-hybridized carbons (Fsp3) is 0.333. The van der Waals surface area contributed by atoms with Crippen molar-refractivity contribution in [1.29, 1.82) is 0 Å². The number of unbranched alkanes of at least 4 members (excludes halogenated alkanes) is 3. The van der Waals surface area contributed by atoms with Gasteiger partial charge in [0.1, 0.15) is 5.00 Å². The van der Waals surface area contributed by atoms with Crippen molar-refractivity contribution in [3.05, 3.63) is 39.9 Å². The second-order valence-corrected chi connectivity index (χ2v) is 7.60. The van der Waals surface area contributed by atoms with Gasteiger partial charge in [-0.1, -0.05) is 55.5 Å². The van der Waals surface area contributed by atoms with E-state index in [1.807, 2.05) is 0 Å². The quantitative estimate of drug-likeness (QED) is 0.455. The molecule has 0 bridgehead atoms. The summed E-state index contributed by atoms with van der Waals surface area (Å²) in [6.45, 7) is 2.68. The lowest BCUT2D eigenvalue weighted by molar-refractivity contribution is 0.0698. The van der Waals surface area contributed by atoms with Crippen LogP contribution in [0.3, 0.4) is 0 Å². The third kappa shape index (κ3) is 5.62. The van der Waals surface area contributed by atoms with E-state index in [0.29, 0.717) is 21.5 Å². The van der Waals surface area contributed by atoms with Crippen LogP contribution in [0.15, 0.2) is 24.3 Å². The molecule has 0 radical (unpaired) electrons. The van der Waals surface area contributed by atoms with Gasteiger partial charge in [0.05, 0.1) is 15.6 Å². The molecule has 140 valence electrons. The number of benzene rings is 1. The topological polar surface area (TPSA) is 78.4 Å². The highest BCUT2D eigenvalue weighted by Gasteiger charge is 2.18. The van der Waals surface area contributed by atoms with E-state index < -0.39 is 12.0 Å². The van der Waals surface area contributed by atoms with Gasteiger partial charge >= 0.3 is 12.0 Å². The summed E-state index contributed by atoms with van der Waals surface area (Å²) in [6.07, 6.45) is 4.20. The first kappa shape index (κ1) is 20.6. The Morgan fingerprint density at radius 1 is 1.12 bits per heavy atom. The summed E-state index contributed by atoms with van der Waals surface area (Å²) in [5, 5.41) is 15.9. The maximum Gasteiger partial charge on any atom is 0.338 e. The number of carboxylic acids is 1. The van der Waals surface area contributed by atoms with Crippen LogP contribution in [0.25, 0.3) is 10.4 Å². The number of thiophene rings is 1. The summed E-state index contributed by atoms with van der Waals surface area (Å²) in [6, 6.07) is 6.17. The van der Waals surface area contributed by atoms with E-state index in [-0.39, 0.29) is 10.6 Å². The molecule has 0 atom stereocenters. The zero-order valence-corrected chi connectivity index (χ0v) is 16.6. The number of urea groups is 1. The summed E-state index contributed by atoms with van der Waals surface area (Å²) in [7, 11) is 0. The number of rotatable bonds is 8. The lowest BCUT2D eigenvalue weighted by Crippen LogP contribution is -2.29. The van der Waals surface area contributed by atoms with Gasteiger partial charge in [0, 0.05) is 11.4 Å². The molecule has 2 aromatic rings. The zero-order valence-electron chi connectivity index (χ0n) is 14.3. The Bertz CT molecular complexity index is 793. The van der Waals surface area contributed by atoms with Gasteiger partial charge in [0.2, 0.25) is 0 Å². The molecule has 1 aromatic carbocycles. The van der Waals surface area contributed by atoms with E-state index in [0.717, 1.165) is 31.2 Å². The molecule has 0 saturated carbocycles. The largest absolute Gasteiger partial charge is 0.478 e. The molecule has 2 rings (SSSR count). The fourth-order valence-corrected chi connectivity index (χ4v) is 3.67. The maximum atomic E-state index is 12.0. The van der Waals surface area contributed by atoms with Crippen molar-refractivity contribution in [2.75, 3.05) is 11.9 Å². The summed E-state index contributed by atoms with van der Waals surface area (Å²) < 4.78 is 0. The van der Waals surface area contributed by atoms with Crippen LogP contribution in [0.5, 0.6) is 0 Å². The van der Waals surface area contributed by atoms with Gasteiger partial charge in [0.25, 0.3) is 0 Å². The third-order valence-electron chi connectivity index (χ3n) is 3.71. The molecular weight excluding hydrogens is 395 g/mol. The maximum absolute atomic E-state index is 12.0. The molecule has 1 heterocycles. The summed E-state index contributed by atoms with van der Waals surface area (Å²) in [5.74, 6) is -1.11. The molecule has 1 aromatic heterocycles. The fourth-order valence-electron chi connectivity index (χ4n) is 2.34. The molecule has 0 fully saturated rings. The molecule has 26 heavy (non-hydrogen) atoms. The van der Waals surface area contributed by atoms with Crippen LogP contribution in [-0.4, -0.2) is 23.7 Å². The minimum absolute atomic E-state index is 0.0391. The minimum atomic E-state index is -1.11. The number of carbonyl (C=O) groups is 2. The number of carboxylic acid groups (broad SMARTS) is 1. The van der Waals surface area contributed by atoms with Crippen LogP contribution in [0.1, 0.15) is 43.0 Å². The molecule has 8 heteroatoms. The van der Waals surface area contributed by atoms with Crippen LogP contribution in [0.2, 0.25) is 10.0 Å². The van der Waals surface area contributed by atoms with Crippen molar-refractivity contribution >= 4 is 51.5 Å². The normalized spacial score (nSPS) is 10.6. The Morgan fingerprint density at radius 2 is 1.88 bits per heavy atom. The molecule has 0 aliphatic rings. The smallest absolute Gasteiger partial charge is 0.338 e. The van der Waals surface area contributed by atoms with Gasteiger partial charge in [-0.3, -0.25) is 5.32 Å². The Morgan fingerprint density at radius 3 is 2.54 bits per heavy atom. The van der Waals surface area contributed by atoms with Crippen LogP contribution >= 0.6 is 34.5 Å². The summed E-state index contributed by atoms with van der Waals surface area (Å²) in [4.78, 5) is 24.2. The van der Waals surface area contributed by atoms with Gasteiger partial charge in [-0.25, -0.2) is 9.59 Å². The molecule has 2 amide bonds. The van der Waals surface area contributed by atoms with Gasteiger partial charge in [-0.15, -0.1) is 11.3 Å². The predicted octanol–water partition coefficient (Wildman–Crippen LogP) is 6.12. The Kier molecular flexibility index (Phi) is 7.75. The van der Waals surface area contributed by atoms with E-state index in [1.165, 1.54) is 17.4 Å². The van der Waals surface area contributed by atoms with E-state index in [4.69, 9.17) is 23.2 Å². The summed E-state index contributed by atoms with van der Waals surface area (Å²) in [5.41, 5.74) is 0.775. The van der Waals surface area contributed by atoms with E-state index in [1.54, 1.807) is 18.2 Å². The van der Waals surface area contributed by atoms with Crippen molar-refractivity contribution in [3.63, 3.8) is 0 Å². The van der Waals surface area contributed by atoms with Crippen molar-refractivity contribution < 1.29 is 14.7 Å². The number of carbonyl (C=O) groups excluding carboxylic acids is 1. The average molecular weight is 415 g/mol. The molecule has 0 unspecified atom stereocenters. The van der Waals surface area contributed by atoms with Crippen LogP contribution in [0.4, 0.5) is 9.80 Å². The second-order valence-electron chi connectivity index (χ2n) is 5.73. The van der Waals surface area contributed by atoms with Gasteiger partial charge in [0.15, 0.2) is 0 Å². The number of nitrogens with one attached hydrogen (secondary N) is 2. The van der Waals surface area contributed by atoms with E-state index >= 15 is 0 Å². The molecule has 0 aliphatic carbocycles. The first-order valence-electron chi connectivity index (χ1n) is 8.29. The zero-order chi connectivity index (χ0) is 19.1. The van der Waals surface area contributed by atoms with Crippen molar-refractivity contribution in [2.45, 2.75) is 32.6 Å². The van der Waals surface area contributed by atoms with Gasteiger partial charge in [-0.05, 0) is 30.2 Å². The Balaban J connectivity index is 2.10. The molecule has 5 nitrogen and oxygen atoms in total. The van der Waals surface area contributed by atoms with Crippen LogP contribution in [-0.2, 0) is 0 Å². The first-order chi connectivity index (χ1) is 12.4. The lowest BCUT2D eigenvalue weighted by atomic mass is 10.1. The Hall–Kier alpha value is -1.76. The number of aromatic carboxylic acids is 1. The highest BCUT2D eigenvalue weighted by atomic mass is 35.5. The van der Waals surface area contributed by atoms with Crippen molar-refractivity contribution in [2.24, 2.45) is 0 Å². The standard InChI is InChI=1S/C18H20Cl2N2O3S/c1-2-3-4-5-8-21-18(25)22-16-12(17(23)24)10-15(26-16)11-6-7-13(19)14(20)9-11/h6-7,9-10H,2-5,8H2,1H3,(H,23,24)(H2,21,22,25). The second kappa shape index (κ2) is 9.80. The number of anilines is 1. The molecule has 3 N–H and O–H groups in total. The monoisotopic (exact) mass is 414 g/mol. The highest BCUT2D eigenvalue weighted by molar-refractivity contribution is 7.20. The predicted molar refractivity (Wildman–Crippen MR) is 108 cm³/mol. The lowest BCUT2D eigenvalue weighted by Gasteiger charge is -2.06. The van der Waals surface area contributed by atoms with Gasteiger partial charge in [-0.2, -0.15) is 0 Å². The van der Waals surface area contributed by atoms with Crippen molar-refractivity contribution in [3.8, 4) is 10.4 Å². The van der Waals surface area contributed by atoms with E-state index in [2.05, 4.69) is 17.6 Å². The number of hydrogen-bond donors (Lipinski definition) is 3. The number of amides is 2. The SMILES string of the molecule is CCCCCCNC(=O)Nc1sc(-c2ccc(Cl)c(Cl)c2)cc1C(=O)O. The molecule has 0 aliphatic heterocycles. The van der Waals surface area contributed by atoms with Crippen LogP contribution in [0, 0.1) is 0 Å². The number of halogens is 2. The molecule has 0 spiro atoms. The van der Waals surface area contributed by atoms with Gasteiger partial charge < -0.3 is 10.4 Å². The van der Waals surface area contributed by atoms with E-state index in [9.17, 15) is 14.7 Å². The minimum Gasteiger partial charge on any atom is -0.478 e. The Labute approximate surface area is 166 Å².